The molecule has 17 heavy (non-hydrogen) atoms. The van der Waals surface area contributed by atoms with Gasteiger partial charge in [-0.15, -0.1) is 0 Å². The van der Waals surface area contributed by atoms with Crippen LogP contribution in [0.5, 0.6) is 0 Å². The number of benzene rings is 1. The molecule has 0 aliphatic heterocycles. The van der Waals surface area contributed by atoms with Crippen molar-refractivity contribution in [3.63, 3.8) is 0 Å². The third-order valence-corrected chi connectivity index (χ3v) is 3.41. The summed E-state index contributed by atoms with van der Waals surface area (Å²) in [6.07, 6.45) is 0. The molecule has 1 aromatic rings. The molecule has 6 heteroatoms. The highest BCUT2D eigenvalue weighted by Crippen LogP contribution is 2.16. The summed E-state index contributed by atoms with van der Waals surface area (Å²) in [4.78, 5) is 11.1. The summed E-state index contributed by atoms with van der Waals surface area (Å²) < 4.78 is 17.1. The monoisotopic (exact) mass is 371 g/mol. The van der Waals surface area contributed by atoms with E-state index in [2.05, 4.69) is 10.1 Å². The van der Waals surface area contributed by atoms with Gasteiger partial charge in [0.05, 0.1) is 7.11 Å². The Morgan fingerprint density at radius 1 is 1.65 bits per heavy atom. The minimum atomic E-state index is -0.361. The van der Waals surface area contributed by atoms with Crippen molar-refractivity contribution in [2.75, 3.05) is 13.7 Å². The first-order valence-corrected chi connectivity index (χ1v) is 6.53. The second-order valence-corrected chi connectivity index (χ2v) is 5.27. The number of alkyl halides is 1. The van der Waals surface area contributed by atoms with Crippen molar-refractivity contribution in [1.29, 1.82) is 0 Å². The minimum Gasteiger partial charge on any atom is -0.468 e. The largest absolute Gasteiger partial charge is 0.468 e. The highest BCUT2D eigenvalue weighted by atomic mass is 127. The average Bonchev–Trinajstić information content (AvgIpc) is 2.30. The van der Waals surface area contributed by atoms with Crippen LogP contribution in [0.15, 0.2) is 18.2 Å². The maximum atomic E-state index is 12.8. The quantitative estimate of drug-likeness (QED) is 0.491. The lowest BCUT2D eigenvalue weighted by Crippen LogP contribution is -2.29. The van der Waals surface area contributed by atoms with E-state index in [1.807, 2.05) is 22.6 Å². The van der Waals surface area contributed by atoms with Gasteiger partial charge in [-0.05, 0) is 17.7 Å². The van der Waals surface area contributed by atoms with E-state index in [0.717, 1.165) is 5.56 Å². The summed E-state index contributed by atoms with van der Waals surface area (Å²) in [7, 11) is 1.35. The smallest absolute Gasteiger partial charge is 0.319 e. The third-order valence-electron chi connectivity index (χ3n) is 2.11. The Morgan fingerprint density at radius 3 is 2.94 bits per heavy atom. The van der Waals surface area contributed by atoms with E-state index < -0.39 is 0 Å². The van der Waals surface area contributed by atoms with Gasteiger partial charge in [0.25, 0.3) is 0 Å². The summed E-state index contributed by atoms with van der Waals surface area (Å²) in [6, 6.07) is 4.23. The summed E-state index contributed by atoms with van der Waals surface area (Å²) >= 11 is 7.86. The molecule has 0 saturated heterocycles. The van der Waals surface area contributed by atoms with Crippen LogP contribution in [0, 0.1) is 5.82 Å². The molecule has 0 aliphatic carbocycles. The van der Waals surface area contributed by atoms with Crippen molar-refractivity contribution >= 4 is 40.2 Å². The minimum absolute atomic E-state index is 0.253. The van der Waals surface area contributed by atoms with Gasteiger partial charge in [-0.2, -0.15) is 0 Å². The Morgan fingerprint density at radius 2 is 2.35 bits per heavy atom. The molecule has 0 spiro atoms. The first-order chi connectivity index (χ1) is 8.04. The number of ether oxygens (including phenoxy) is 1. The maximum absolute atomic E-state index is 12.8. The molecule has 1 atom stereocenters. The standard InChI is InChI=1S/C11H12ClFINO2/c1-17-11(16)10(14)6-15-5-7-2-3-8(13)4-9(7)12/h2-4,10,15H,5-6H2,1H3. The first kappa shape index (κ1) is 14.7. The zero-order valence-corrected chi connectivity index (χ0v) is 12.1. The number of nitrogens with one attached hydrogen (secondary N) is 1. The van der Waals surface area contributed by atoms with E-state index in [1.54, 1.807) is 6.07 Å². The van der Waals surface area contributed by atoms with Gasteiger partial charge in [0.2, 0.25) is 0 Å². The van der Waals surface area contributed by atoms with Crippen LogP contribution < -0.4 is 5.32 Å². The molecule has 0 amide bonds. The molecule has 1 N–H and O–H groups in total. The predicted molar refractivity (Wildman–Crippen MR) is 72.9 cm³/mol. The van der Waals surface area contributed by atoms with Crippen LogP contribution in [0.2, 0.25) is 5.02 Å². The van der Waals surface area contributed by atoms with Gasteiger partial charge in [-0.3, -0.25) is 4.79 Å². The number of carbonyl (C=O) groups is 1. The van der Waals surface area contributed by atoms with Crippen molar-refractivity contribution in [2.45, 2.75) is 10.5 Å². The fourth-order valence-corrected chi connectivity index (χ4v) is 2.01. The number of hydrogen-bond donors (Lipinski definition) is 1. The number of carbonyl (C=O) groups excluding carboxylic acids is 1. The van der Waals surface area contributed by atoms with Crippen molar-refractivity contribution < 1.29 is 13.9 Å². The summed E-state index contributed by atoms with van der Waals surface area (Å²) in [6.45, 7) is 0.955. The molecular weight excluding hydrogens is 359 g/mol. The van der Waals surface area contributed by atoms with E-state index in [-0.39, 0.29) is 15.7 Å². The lowest BCUT2D eigenvalue weighted by Gasteiger charge is -2.10. The van der Waals surface area contributed by atoms with E-state index in [4.69, 9.17) is 11.6 Å². The Labute approximate surface area is 118 Å². The topological polar surface area (TPSA) is 38.3 Å². The van der Waals surface area contributed by atoms with Crippen LogP contribution in [0.1, 0.15) is 5.56 Å². The maximum Gasteiger partial charge on any atom is 0.319 e. The Kier molecular flexibility index (Phi) is 6.15. The lowest BCUT2D eigenvalue weighted by molar-refractivity contribution is -0.139. The van der Waals surface area contributed by atoms with Crippen LogP contribution in [-0.2, 0) is 16.1 Å². The zero-order valence-electron chi connectivity index (χ0n) is 9.17. The third kappa shape index (κ3) is 4.77. The number of hydrogen-bond acceptors (Lipinski definition) is 3. The molecule has 0 heterocycles. The number of halogens is 3. The number of rotatable bonds is 5. The SMILES string of the molecule is COC(=O)C(I)CNCc1ccc(F)cc1Cl. The van der Waals surface area contributed by atoms with Crippen molar-refractivity contribution in [3.05, 3.63) is 34.6 Å². The molecule has 94 valence electrons. The molecule has 0 aromatic heterocycles. The van der Waals surface area contributed by atoms with Crippen LogP contribution in [0.25, 0.3) is 0 Å². The van der Waals surface area contributed by atoms with Gasteiger partial charge in [0.1, 0.15) is 9.74 Å². The molecule has 0 radical (unpaired) electrons. The molecule has 0 saturated carbocycles. The normalized spacial score (nSPS) is 12.2. The Hall–Kier alpha value is -0.400. The van der Waals surface area contributed by atoms with E-state index in [0.29, 0.717) is 18.1 Å². The molecular formula is C11H12ClFINO2. The van der Waals surface area contributed by atoms with Crippen LogP contribution in [-0.4, -0.2) is 23.5 Å². The van der Waals surface area contributed by atoms with Crippen LogP contribution >= 0.6 is 34.2 Å². The molecule has 1 unspecified atom stereocenters. The summed E-state index contributed by atoms with van der Waals surface area (Å²) in [5.41, 5.74) is 0.793. The van der Waals surface area contributed by atoms with E-state index >= 15 is 0 Å². The highest BCUT2D eigenvalue weighted by Gasteiger charge is 2.14. The summed E-state index contributed by atoms with van der Waals surface area (Å²) in [5, 5.41) is 3.44. The van der Waals surface area contributed by atoms with Crippen LogP contribution in [0.4, 0.5) is 4.39 Å². The number of methoxy groups -OCH3 is 1. The highest BCUT2D eigenvalue weighted by molar-refractivity contribution is 14.1. The van der Waals surface area contributed by atoms with Gasteiger partial charge in [0.15, 0.2) is 0 Å². The fraction of sp³-hybridized carbons (Fsp3) is 0.364. The van der Waals surface area contributed by atoms with Crippen LogP contribution in [0.3, 0.4) is 0 Å². The molecule has 1 rings (SSSR count). The zero-order chi connectivity index (χ0) is 12.8. The van der Waals surface area contributed by atoms with Gasteiger partial charge < -0.3 is 10.1 Å². The Balaban J connectivity index is 2.43. The molecule has 3 nitrogen and oxygen atoms in total. The van der Waals surface area contributed by atoms with Crippen molar-refractivity contribution in [3.8, 4) is 0 Å². The Bertz CT molecular complexity index is 403. The summed E-state index contributed by atoms with van der Waals surface area (Å²) in [5.74, 6) is -0.636. The van der Waals surface area contributed by atoms with Gasteiger partial charge in [-0.25, -0.2) is 4.39 Å². The van der Waals surface area contributed by atoms with Gasteiger partial charge in [0, 0.05) is 18.1 Å². The van der Waals surface area contributed by atoms with Crippen molar-refractivity contribution in [2.24, 2.45) is 0 Å². The molecule has 1 aromatic carbocycles. The average molecular weight is 372 g/mol. The fourth-order valence-electron chi connectivity index (χ4n) is 1.21. The first-order valence-electron chi connectivity index (χ1n) is 4.91. The number of esters is 1. The second kappa shape index (κ2) is 7.13. The lowest BCUT2D eigenvalue weighted by atomic mass is 10.2. The molecule has 0 fully saturated rings. The second-order valence-electron chi connectivity index (χ2n) is 3.36. The predicted octanol–water partition coefficient (Wildman–Crippen LogP) is 2.55. The molecule has 0 bridgehead atoms. The van der Waals surface area contributed by atoms with E-state index in [9.17, 15) is 9.18 Å². The molecule has 0 aliphatic rings. The van der Waals surface area contributed by atoms with E-state index in [1.165, 1.54) is 19.2 Å². The van der Waals surface area contributed by atoms with Gasteiger partial charge >= 0.3 is 5.97 Å². The van der Waals surface area contributed by atoms with Crippen molar-refractivity contribution in [1.82, 2.24) is 5.32 Å². The van der Waals surface area contributed by atoms with Gasteiger partial charge in [-0.1, -0.05) is 40.3 Å².